The van der Waals surface area contributed by atoms with Gasteiger partial charge in [0.25, 0.3) is 0 Å². The standard InChI is InChI=1S/C11H14F3N/c1-3-7(2)6-15-8-4-9(12)11(14)10(13)5-8/h4-5,7,15H,3,6H2,1-2H3. The van der Waals surface area contributed by atoms with Crippen molar-refractivity contribution < 1.29 is 13.2 Å². The number of rotatable bonds is 4. The Bertz CT molecular complexity index is 316. The van der Waals surface area contributed by atoms with E-state index in [1.54, 1.807) is 0 Å². The van der Waals surface area contributed by atoms with Crippen LogP contribution in [0.3, 0.4) is 0 Å². The molecule has 0 fully saturated rings. The van der Waals surface area contributed by atoms with E-state index < -0.39 is 17.5 Å². The van der Waals surface area contributed by atoms with Gasteiger partial charge in [-0.3, -0.25) is 0 Å². The molecular weight excluding hydrogens is 203 g/mol. The van der Waals surface area contributed by atoms with Crippen molar-refractivity contribution in [1.82, 2.24) is 0 Å². The molecular formula is C11H14F3N. The molecule has 1 atom stereocenters. The predicted molar refractivity (Wildman–Crippen MR) is 54.3 cm³/mol. The van der Waals surface area contributed by atoms with Gasteiger partial charge in [-0.2, -0.15) is 0 Å². The van der Waals surface area contributed by atoms with Gasteiger partial charge in [0.15, 0.2) is 17.5 Å². The number of benzene rings is 1. The highest BCUT2D eigenvalue weighted by Crippen LogP contribution is 2.17. The van der Waals surface area contributed by atoms with Crippen LogP contribution in [0.1, 0.15) is 20.3 Å². The normalized spacial score (nSPS) is 12.6. The zero-order valence-corrected chi connectivity index (χ0v) is 8.78. The molecule has 0 aliphatic heterocycles. The van der Waals surface area contributed by atoms with E-state index in [4.69, 9.17) is 0 Å². The number of nitrogens with one attached hydrogen (secondary N) is 1. The minimum atomic E-state index is -1.43. The van der Waals surface area contributed by atoms with Gasteiger partial charge in [0.1, 0.15) is 0 Å². The van der Waals surface area contributed by atoms with E-state index in [1.807, 2.05) is 13.8 Å². The lowest BCUT2D eigenvalue weighted by Gasteiger charge is -2.11. The van der Waals surface area contributed by atoms with Crippen molar-refractivity contribution in [2.45, 2.75) is 20.3 Å². The van der Waals surface area contributed by atoms with E-state index in [2.05, 4.69) is 5.32 Å². The van der Waals surface area contributed by atoms with Gasteiger partial charge in [0, 0.05) is 24.4 Å². The van der Waals surface area contributed by atoms with Gasteiger partial charge in [-0.05, 0) is 5.92 Å². The molecule has 0 saturated heterocycles. The van der Waals surface area contributed by atoms with Gasteiger partial charge in [-0.1, -0.05) is 20.3 Å². The molecule has 0 aliphatic carbocycles. The van der Waals surface area contributed by atoms with Crippen molar-refractivity contribution >= 4 is 5.69 Å². The summed E-state index contributed by atoms with van der Waals surface area (Å²) in [5.41, 5.74) is 0.270. The third-order valence-electron chi connectivity index (χ3n) is 2.34. The average Bonchev–Trinajstić information content (AvgIpc) is 2.22. The van der Waals surface area contributed by atoms with Crippen LogP contribution in [-0.4, -0.2) is 6.54 Å². The fourth-order valence-electron chi connectivity index (χ4n) is 1.09. The van der Waals surface area contributed by atoms with E-state index in [0.29, 0.717) is 12.5 Å². The highest BCUT2D eigenvalue weighted by molar-refractivity contribution is 5.44. The van der Waals surface area contributed by atoms with Crippen LogP contribution in [0.5, 0.6) is 0 Å². The summed E-state index contributed by atoms with van der Waals surface area (Å²) >= 11 is 0. The summed E-state index contributed by atoms with van der Waals surface area (Å²) in [6, 6.07) is 1.92. The van der Waals surface area contributed by atoms with Crippen molar-refractivity contribution in [3.05, 3.63) is 29.6 Å². The number of halogens is 3. The first-order chi connectivity index (χ1) is 7.04. The van der Waals surface area contributed by atoms with Crippen LogP contribution in [0.4, 0.5) is 18.9 Å². The lowest BCUT2D eigenvalue weighted by molar-refractivity contribution is 0.447. The Kier molecular flexibility index (Phi) is 4.00. The highest BCUT2D eigenvalue weighted by Gasteiger charge is 2.10. The predicted octanol–water partition coefficient (Wildman–Crippen LogP) is 3.56. The summed E-state index contributed by atoms with van der Waals surface area (Å²) in [7, 11) is 0. The number of hydrogen-bond acceptors (Lipinski definition) is 1. The van der Waals surface area contributed by atoms with Crippen LogP contribution in [0, 0.1) is 23.4 Å². The van der Waals surface area contributed by atoms with Crippen LogP contribution >= 0.6 is 0 Å². The Hall–Kier alpha value is -1.19. The molecule has 84 valence electrons. The van der Waals surface area contributed by atoms with Crippen molar-refractivity contribution in [2.24, 2.45) is 5.92 Å². The Balaban J connectivity index is 2.70. The van der Waals surface area contributed by atoms with Gasteiger partial charge in [-0.25, -0.2) is 13.2 Å². The summed E-state index contributed by atoms with van der Waals surface area (Å²) < 4.78 is 38.2. The fourth-order valence-corrected chi connectivity index (χ4v) is 1.09. The summed E-state index contributed by atoms with van der Waals surface area (Å²) in [6.07, 6.45) is 0.971. The second-order valence-corrected chi connectivity index (χ2v) is 3.65. The summed E-state index contributed by atoms with van der Waals surface area (Å²) in [6.45, 7) is 4.66. The highest BCUT2D eigenvalue weighted by atomic mass is 19.2. The molecule has 0 spiro atoms. The Morgan fingerprint density at radius 3 is 2.20 bits per heavy atom. The largest absolute Gasteiger partial charge is 0.385 e. The van der Waals surface area contributed by atoms with Crippen molar-refractivity contribution in [1.29, 1.82) is 0 Å². The van der Waals surface area contributed by atoms with E-state index in [0.717, 1.165) is 18.6 Å². The van der Waals surface area contributed by atoms with Crippen LogP contribution < -0.4 is 5.32 Å². The number of anilines is 1. The van der Waals surface area contributed by atoms with Crippen LogP contribution in [-0.2, 0) is 0 Å². The zero-order valence-electron chi connectivity index (χ0n) is 8.78. The lowest BCUT2D eigenvalue weighted by atomic mass is 10.1. The molecule has 0 aromatic heterocycles. The van der Waals surface area contributed by atoms with Gasteiger partial charge in [0.05, 0.1) is 0 Å². The lowest BCUT2D eigenvalue weighted by Crippen LogP contribution is -2.10. The monoisotopic (exact) mass is 217 g/mol. The third kappa shape index (κ3) is 3.15. The molecule has 0 amide bonds. The molecule has 1 rings (SSSR count). The first kappa shape index (κ1) is 11.9. The third-order valence-corrected chi connectivity index (χ3v) is 2.34. The van der Waals surface area contributed by atoms with Gasteiger partial charge < -0.3 is 5.32 Å². The van der Waals surface area contributed by atoms with Crippen molar-refractivity contribution in [3.8, 4) is 0 Å². The Morgan fingerprint density at radius 1 is 1.20 bits per heavy atom. The van der Waals surface area contributed by atoms with E-state index in [1.165, 1.54) is 0 Å². The molecule has 0 aliphatic rings. The molecule has 0 radical (unpaired) electrons. The molecule has 0 bridgehead atoms. The molecule has 1 N–H and O–H groups in total. The Morgan fingerprint density at radius 2 is 1.73 bits per heavy atom. The molecule has 4 heteroatoms. The maximum atomic E-state index is 12.8. The fraction of sp³-hybridized carbons (Fsp3) is 0.455. The summed E-state index contributed by atoms with van der Waals surface area (Å²) in [5, 5.41) is 2.86. The SMILES string of the molecule is CCC(C)CNc1cc(F)c(F)c(F)c1. The average molecular weight is 217 g/mol. The first-order valence-electron chi connectivity index (χ1n) is 4.93. The van der Waals surface area contributed by atoms with Gasteiger partial charge in [-0.15, -0.1) is 0 Å². The minimum absolute atomic E-state index is 0.270. The smallest absolute Gasteiger partial charge is 0.194 e. The topological polar surface area (TPSA) is 12.0 Å². The molecule has 1 aromatic carbocycles. The molecule has 1 aromatic rings. The van der Waals surface area contributed by atoms with Crippen molar-refractivity contribution in [2.75, 3.05) is 11.9 Å². The van der Waals surface area contributed by atoms with Gasteiger partial charge in [0.2, 0.25) is 0 Å². The van der Waals surface area contributed by atoms with Crippen LogP contribution in [0.25, 0.3) is 0 Å². The van der Waals surface area contributed by atoms with Crippen molar-refractivity contribution in [3.63, 3.8) is 0 Å². The molecule has 1 unspecified atom stereocenters. The van der Waals surface area contributed by atoms with E-state index in [-0.39, 0.29) is 5.69 Å². The minimum Gasteiger partial charge on any atom is -0.385 e. The van der Waals surface area contributed by atoms with E-state index in [9.17, 15) is 13.2 Å². The zero-order chi connectivity index (χ0) is 11.4. The molecule has 1 nitrogen and oxygen atoms in total. The van der Waals surface area contributed by atoms with Gasteiger partial charge >= 0.3 is 0 Å². The second-order valence-electron chi connectivity index (χ2n) is 3.65. The van der Waals surface area contributed by atoms with Crippen LogP contribution in [0.2, 0.25) is 0 Å². The number of hydrogen-bond donors (Lipinski definition) is 1. The maximum absolute atomic E-state index is 12.8. The summed E-state index contributed by atoms with van der Waals surface area (Å²) in [5.74, 6) is -3.35. The van der Waals surface area contributed by atoms with Crippen LogP contribution in [0.15, 0.2) is 12.1 Å². The second kappa shape index (κ2) is 5.05. The summed E-state index contributed by atoms with van der Waals surface area (Å²) in [4.78, 5) is 0. The molecule has 15 heavy (non-hydrogen) atoms. The molecule has 0 saturated carbocycles. The first-order valence-corrected chi connectivity index (χ1v) is 4.93. The quantitative estimate of drug-likeness (QED) is 0.760. The maximum Gasteiger partial charge on any atom is 0.194 e. The molecule has 0 heterocycles. The Labute approximate surface area is 87.3 Å². The van der Waals surface area contributed by atoms with E-state index >= 15 is 0 Å².